The van der Waals surface area contributed by atoms with Crippen molar-refractivity contribution in [1.82, 2.24) is 19.9 Å². The van der Waals surface area contributed by atoms with E-state index < -0.39 is 11.4 Å². The maximum Gasteiger partial charge on any atom is 0.255 e. The molecule has 0 saturated carbocycles. The lowest BCUT2D eigenvalue weighted by Gasteiger charge is -2.25. The van der Waals surface area contributed by atoms with Crippen molar-refractivity contribution in [2.75, 3.05) is 19.5 Å². The van der Waals surface area contributed by atoms with Crippen molar-refractivity contribution in [2.45, 2.75) is 39.8 Å². The molecule has 44 heavy (non-hydrogen) atoms. The van der Waals surface area contributed by atoms with Crippen LogP contribution in [0.1, 0.15) is 46.5 Å². The first-order valence-electron chi connectivity index (χ1n) is 13.8. The highest BCUT2D eigenvalue weighted by Gasteiger charge is 2.24. The van der Waals surface area contributed by atoms with E-state index >= 15 is 0 Å². The summed E-state index contributed by atoms with van der Waals surface area (Å²) in [5, 5.41) is 21.4. The van der Waals surface area contributed by atoms with Crippen LogP contribution < -0.4 is 20.1 Å². The number of ether oxygens (including phenoxy) is 2. The van der Waals surface area contributed by atoms with Gasteiger partial charge in [0.2, 0.25) is 5.95 Å². The zero-order valence-electron chi connectivity index (χ0n) is 25.3. The quantitative estimate of drug-likeness (QED) is 0.168. The van der Waals surface area contributed by atoms with Crippen molar-refractivity contribution < 1.29 is 23.8 Å². The molecule has 0 aliphatic rings. The number of hydrogen-bond donors (Lipinski definition) is 3. The van der Waals surface area contributed by atoms with Gasteiger partial charge in [0.1, 0.15) is 17.3 Å². The van der Waals surface area contributed by atoms with Crippen molar-refractivity contribution >= 4 is 34.8 Å². The average Bonchev–Trinajstić information content (AvgIpc) is 3.40. The van der Waals surface area contributed by atoms with Crippen LogP contribution in [0.25, 0.3) is 16.8 Å². The van der Waals surface area contributed by atoms with E-state index in [1.807, 2.05) is 44.3 Å². The van der Waals surface area contributed by atoms with E-state index in [1.165, 1.54) is 19.2 Å². The first-order chi connectivity index (χ1) is 20.9. The van der Waals surface area contributed by atoms with Crippen molar-refractivity contribution in [1.29, 1.82) is 0 Å². The Morgan fingerprint density at radius 2 is 1.80 bits per heavy atom. The van der Waals surface area contributed by atoms with Gasteiger partial charge in [-0.25, -0.2) is 8.91 Å². The third kappa shape index (κ3) is 6.17. The van der Waals surface area contributed by atoms with Crippen LogP contribution in [-0.4, -0.2) is 39.8 Å². The summed E-state index contributed by atoms with van der Waals surface area (Å²) in [7, 11) is 3.09. The summed E-state index contributed by atoms with van der Waals surface area (Å²) in [5.74, 6) is 0.530. The number of benzene rings is 3. The average molecular weight is 618 g/mol. The number of carbonyl (C=O) groups excluding carboxylic acids is 1. The van der Waals surface area contributed by atoms with Crippen LogP contribution in [0.5, 0.6) is 11.5 Å². The van der Waals surface area contributed by atoms with Crippen LogP contribution in [-0.2, 0) is 12.1 Å². The van der Waals surface area contributed by atoms with Gasteiger partial charge in [-0.3, -0.25) is 4.79 Å². The normalized spacial score (nSPS) is 11.5. The molecule has 0 saturated heterocycles. The minimum Gasteiger partial charge on any atom is -0.496 e. The van der Waals surface area contributed by atoms with Crippen LogP contribution in [0, 0.1) is 19.7 Å². The molecule has 2 heterocycles. The molecular formula is C33H33ClFN5O4. The van der Waals surface area contributed by atoms with E-state index in [2.05, 4.69) is 20.7 Å². The van der Waals surface area contributed by atoms with Crippen molar-refractivity contribution in [3.8, 4) is 22.6 Å². The molecular weight excluding hydrogens is 585 g/mol. The molecule has 228 valence electrons. The number of hydrogen-bond acceptors (Lipinski definition) is 7. The van der Waals surface area contributed by atoms with Crippen LogP contribution in [0.15, 0.2) is 60.8 Å². The lowest BCUT2D eigenvalue weighted by atomic mass is 9.90. The standard InChI is InChI=1S/C33H33ClFN5O4/c1-18-13-24(33(3,4)42)19(2)30(44-6)29(18)38-32-37-28-12-9-22(17-40(28)39-32)21-8-10-23(27(15-21)43-5)31(41)36-16-20-7-11-26(35)25(34)14-20/h7-15,17,42H,16H2,1-6H3,(H,36,41)(H,38,39). The third-order valence-electron chi connectivity index (χ3n) is 7.37. The molecule has 9 nitrogen and oxygen atoms in total. The van der Waals surface area contributed by atoms with Gasteiger partial charge in [0.05, 0.1) is 36.1 Å². The minimum absolute atomic E-state index is 0.00305. The first kappa shape index (κ1) is 30.8. The van der Waals surface area contributed by atoms with E-state index in [4.69, 9.17) is 21.1 Å². The lowest BCUT2D eigenvalue weighted by molar-refractivity contribution is 0.0775. The second kappa shape index (κ2) is 12.1. The molecule has 0 unspecified atom stereocenters. The first-order valence-corrected chi connectivity index (χ1v) is 14.2. The second-order valence-corrected chi connectivity index (χ2v) is 11.4. The van der Waals surface area contributed by atoms with Crippen LogP contribution in [0.3, 0.4) is 0 Å². The van der Waals surface area contributed by atoms with Gasteiger partial charge in [-0.15, -0.1) is 5.10 Å². The molecule has 3 aromatic carbocycles. The monoisotopic (exact) mass is 617 g/mol. The van der Waals surface area contributed by atoms with Crippen LogP contribution in [0.4, 0.5) is 16.0 Å². The Hall–Kier alpha value is -4.67. The molecule has 0 fully saturated rings. The summed E-state index contributed by atoms with van der Waals surface area (Å²) >= 11 is 5.85. The van der Waals surface area contributed by atoms with Gasteiger partial charge in [0.15, 0.2) is 5.65 Å². The fourth-order valence-electron chi connectivity index (χ4n) is 5.14. The SMILES string of the molecule is COc1cc(-c2ccc3nc(Nc4c(C)cc(C(C)(C)O)c(C)c4OC)nn3c2)ccc1C(=O)NCc1ccc(F)c(Cl)c1. The van der Waals surface area contributed by atoms with Gasteiger partial charge in [0, 0.05) is 18.3 Å². The number of aliphatic hydroxyl groups is 1. The van der Waals surface area contributed by atoms with Gasteiger partial charge in [-0.2, -0.15) is 4.98 Å². The Labute approximate surface area is 259 Å². The highest BCUT2D eigenvalue weighted by Crippen LogP contribution is 2.39. The summed E-state index contributed by atoms with van der Waals surface area (Å²) in [6, 6.07) is 15.3. The number of fused-ring (bicyclic) bond motifs is 1. The Kier molecular flexibility index (Phi) is 8.49. The Morgan fingerprint density at radius 1 is 1.05 bits per heavy atom. The number of halogens is 2. The van der Waals surface area contributed by atoms with E-state index in [0.29, 0.717) is 34.2 Å². The molecule has 1 amide bonds. The molecule has 0 aliphatic carbocycles. The number of aromatic nitrogens is 3. The third-order valence-corrected chi connectivity index (χ3v) is 7.66. The number of rotatable bonds is 9. The smallest absolute Gasteiger partial charge is 0.255 e. The number of aryl methyl sites for hydroxylation is 1. The zero-order valence-corrected chi connectivity index (χ0v) is 26.0. The summed E-state index contributed by atoms with van der Waals surface area (Å²) in [5.41, 5.74) is 5.47. The number of nitrogens with one attached hydrogen (secondary N) is 2. The molecule has 11 heteroatoms. The summed E-state index contributed by atoms with van der Waals surface area (Å²) in [6.07, 6.45) is 1.84. The number of pyridine rings is 1. The number of carbonyl (C=O) groups is 1. The predicted molar refractivity (Wildman–Crippen MR) is 169 cm³/mol. The van der Waals surface area contributed by atoms with E-state index in [1.54, 1.807) is 43.7 Å². The minimum atomic E-state index is -1.03. The molecule has 5 rings (SSSR count). The number of anilines is 2. The van der Waals surface area contributed by atoms with Gasteiger partial charge in [0.25, 0.3) is 5.91 Å². The Bertz CT molecular complexity index is 1880. The number of amides is 1. The molecule has 0 spiro atoms. The lowest BCUT2D eigenvalue weighted by Crippen LogP contribution is -2.23. The summed E-state index contributed by atoms with van der Waals surface area (Å²) in [6.45, 7) is 7.51. The topological polar surface area (TPSA) is 110 Å². The molecule has 5 aromatic rings. The van der Waals surface area contributed by atoms with Crippen LogP contribution >= 0.6 is 11.6 Å². The van der Waals surface area contributed by atoms with Gasteiger partial charge >= 0.3 is 0 Å². The maximum atomic E-state index is 13.5. The fourth-order valence-corrected chi connectivity index (χ4v) is 5.34. The largest absolute Gasteiger partial charge is 0.496 e. The number of methoxy groups -OCH3 is 2. The molecule has 0 radical (unpaired) electrons. The summed E-state index contributed by atoms with van der Waals surface area (Å²) < 4.78 is 26.4. The molecule has 0 aliphatic heterocycles. The molecule has 2 aromatic heterocycles. The number of nitrogens with zero attached hydrogens (tertiary/aromatic N) is 3. The van der Waals surface area contributed by atoms with Gasteiger partial charge in [-0.1, -0.05) is 29.8 Å². The highest BCUT2D eigenvalue weighted by molar-refractivity contribution is 6.30. The van der Waals surface area contributed by atoms with Gasteiger partial charge < -0.3 is 25.2 Å². The summed E-state index contributed by atoms with van der Waals surface area (Å²) in [4.78, 5) is 17.6. The zero-order chi connectivity index (χ0) is 31.8. The molecule has 0 atom stereocenters. The van der Waals surface area contributed by atoms with E-state index in [-0.39, 0.29) is 17.5 Å². The predicted octanol–water partition coefficient (Wildman–Crippen LogP) is 6.72. The second-order valence-electron chi connectivity index (χ2n) is 11.0. The van der Waals surface area contributed by atoms with E-state index in [0.717, 1.165) is 33.5 Å². The van der Waals surface area contributed by atoms with Crippen molar-refractivity contribution in [3.05, 3.63) is 99.5 Å². The highest BCUT2D eigenvalue weighted by atomic mass is 35.5. The van der Waals surface area contributed by atoms with Crippen molar-refractivity contribution in [3.63, 3.8) is 0 Å². The Morgan fingerprint density at radius 3 is 2.48 bits per heavy atom. The molecule has 3 N–H and O–H groups in total. The maximum absolute atomic E-state index is 13.5. The fraction of sp³-hybridized carbons (Fsp3) is 0.242. The van der Waals surface area contributed by atoms with Crippen molar-refractivity contribution in [2.24, 2.45) is 0 Å². The van der Waals surface area contributed by atoms with Gasteiger partial charge in [-0.05, 0) is 91.9 Å². The Balaban J connectivity index is 1.38. The van der Waals surface area contributed by atoms with E-state index in [9.17, 15) is 14.3 Å². The molecule has 0 bridgehead atoms. The van der Waals surface area contributed by atoms with Crippen LogP contribution in [0.2, 0.25) is 5.02 Å².